The van der Waals surface area contributed by atoms with Crippen molar-refractivity contribution < 1.29 is 13.2 Å². The molecule has 0 atom stereocenters. The van der Waals surface area contributed by atoms with Crippen LogP contribution in [0.3, 0.4) is 0 Å². The molecule has 4 aromatic heterocycles. The van der Waals surface area contributed by atoms with Gasteiger partial charge in [0.25, 0.3) is 0 Å². The highest BCUT2D eigenvalue weighted by Gasteiger charge is 2.32. The van der Waals surface area contributed by atoms with E-state index in [2.05, 4.69) is 20.1 Å². The molecular weight excluding hydrogens is 443 g/mol. The molecule has 0 aliphatic heterocycles. The van der Waals surface area contributed by atoms with Gasteiger partial charge in [0, 0.05) is 42.2 Å². The van der Waals surface area contributed by atoms with Crippen LogP contribution in [0.4, 0.5) is 13.2 Å². The lowest BCUT2D eigenvalue weighted by molar-refractivity contribution is -0.141. The minimum absolute atomic E-state index is 0.522. The summed E-state index contributed by atoms with van der Waals surface area (Å²) in [5.41, 5.74) is 4.89. The predicted molar refractivity (Wildman–Crippen MR) is 119 cm³/mol. The lowest BCUT2D eigenvalue weighted by Crippen LogP contribution is -2.10. The Labute approximate surface area is 194 Å². The zero-order valence-corrected chi connectivity index (χ0v) is 19.1. The normalized spacial score (nSPS) is 14.1. The van der Waals surface area contributed by atoms with Crippen LogP contribution in [0.1, 0.15) is 46.9 Å². The fourth-order valence-electron chi connectivity index (χ4n) is 4.11. The molecule has 4 aromatic rings. The van der Waals surface area contributed by atoms with E-state index in [9.17, 15) is 13.2 Å². The Morgan fingerprint density at radius 3 is 2.41 bits per heavy atom. The number of aromatic nitrogens is 7. The fraction of sp³-hybridized carbons (Fsp3) is 0.375. The van der Waals surface area contributed by atoms with Crippen LogP contribution in [0.5, 0.6) is 0 Å². The van der Waals surface area contributed by atoms with Crippen molar-refractivity contribution in [1.82, 2.24) is 34.5 Å². The molecule has 0 unspecified atom stereocenters. The van der Waals surface area contributed by atoms with Gasteiger partial charge in [-0.2, -0.15) is 23.4 Å². The summed E-state index contributed by atoms with van der Waals surface area (Å²) >= 11 is 0. The molecule has 0 saturated heterocycles. The summed E-state index contributed by atoms with van der Waals surface area (Å²) in [5, 5.41) is 9.28. The smallest absolute Gasteiger partial charge is 0.268 e. The molecule has 10 heteroatoms. The van der Waals surface area contributed by atoms with Crippen LogP contribution in [0, 0.1) is 26.7 Å². The first kappa shape index (κ1) is 22.2. The molecule has 0 aromatic carbocycles. The second-order valence-electron chi connectivity index (χ2n) is 8.86. The topological polar surface area (TPSA) is 74.3 Å². The number of hydrogen-bond donors (Lipinski definition) is 0. The standard InChI is InChI=1S/C24H24F3N7/c1-14-8-15(2)34(31-14)22-10-19(29-13-30-22)9-20-16(3)23(32-33(20)12-17-4-5-17)18-6-7-21(28-11-18)24(25,26)27/h6-8,10-11,13,17H,4-5,9,12H2,1-3H3. The summed E-state index contributed by atoms with van der Waals surface area (Å²) in [6.07, 6.45) is 1.14. The zero-order chi connectivity index (χ0) is 24.0. The second kappa shape index (κ2) is 8.34. The first-order valence-corrected chi connectivity index (χ1v) is 11.1. The third-order valence-electron chi connectivity index (χ3n) is 6.06. The molecule has 34 heavy (non-hydrogen) atoms. The fourth-order valence-corrected chi connectivity index (χ4v) is 4.11. The highest BCUT2D eigenvalue weighted by Crippen LogP contribution is 2.34. The van der Waals surface area contributed by atoms with Crippen LogP contribution in [0.2, 0.25) is 0 Å². The maximum atomic E-state index is 12.9. The van der Waals surface area contributed by atoms with Crippen LogP contribution >= 0.6 is 0 Å². The number of halogens is 3. The van der Waals surface area contributed by atoms with Crippen molar-refractivity contribution in [3.8, 4) is 17.1 Å². The third kappa shape index (κ3) is 4.44. The minimum atomic E-state index is -4.47. The molecule has 1 fully saturated rings. The van der Waals surface area contributed by atoms with Crippen LogP contribution in [0.15, 0.2) is 36.8 Å². The molecule has 1 aliphatic rings. The summed E-state index contributed by atoms with van der Waals surface area (Å²) in [5.74, 6) is 1.26. The average molecular weight is 467 g/mol. The van der Waals surface area contributed by atoms with Gasteiger partial charge in [-0.1, -0.05) is 0 Å². The lowest BCUT2D eigenvalue weighted by atomic mass is 10.1. The van der Waals surface area contributed by atoms with Crippen molar-refractivity contribution in [2.45, 2.75) is 52.8 Å². The van der Waals surface area contributed by atoms with Crippen LogP contribution in [-0.2, 0) is 19.1 Å². The van der Waals surface area contributed by atoms with Crippen molar-refractivity contribution >= 4 is 0 Å². The molecule has 176 valence electrons. The van der Waals surface area contributed by atoms with Gasteiger partial charge in [-0.15, -0.1) is 0 Å². The van der Waals surface area contributed by atoms with E-state index in [4.69, 9.17) is 5.10 Å². The number of aryl methyl sites for hydroxylation is 2. The molecular formula is C24H24F3N7. The van der Waals surface area contributed by atoms with E-state index < -0.39 is 11.9 Å². The SMILES string of the molecule is Cc1cc(C)n(-c2cc(Cc3c(C)c(-c4ccc(C(F)(F)F)nc4)nn3CC3CC3)ncn2)n1. The lowest BCUT2D eigenvalue weighted by Gasteiger charge is -2.09. The summed E-state index contributed by atoms with van der Waals surface area (Å²) in [6.45, 7) is 6.63. The van der Waals surface area contributed by atoms with Gasteiger partial charge in [0.2, 0.25) is 0 Å². The Morgan fingerprint density at radius 1 is 1.00 bits per heavy atom. The highest BCUT2D eigenvalue weighted by molar-refractivity contribution is 5.63. The zero-order valence-electron chi connectivity index (χ0n) is 19.1. The van der Waals surface area contributed by atoms with E-state index in [0.29, 0.717) is 29.4 Å². The summed E-state index contributed by atoms with van der Waals surface area (Å²) in [6, 6.07) is 6.33. The minimum Gasteiger partial charge on any atom is -0.268 e. The number of alkyl halides is 3. The first-order valence-electron chi connectivity index (χ1n) is 11.1. The number of hydrogen-bond acceptors (Lipinski definition) is 5. The van der Waals surface area contributed by atoms with Gasteiger partial charge in [-0.25, -0.2) is 14.6 Å². The number of pyridine rings is 1. The van der Waals surface area contributed by atoms with E-state index in [0.717, 1.165) is 53.8 Å². The van der Waals surface area contributed by atoms with E-state index in [1.807, 2.05) is 37.6 Å². The average Bonchev–Trinajstić information content (AvgIpc) is 3.48. The van der Waals surface area contributed by atoms with E-state index in [1.54, 1.807) is 4.68 Å². The van der Waals surface area contributed by atoms with Gasteiger partial charge in [-0.05, 0) is 63.3 Å². The molecule has 0 radical (unpaired) electrons. The molecule has 0 spiro atoms. The van der Waals surface area contributed by atoms with Crippen molar-refractivity contribution in [2.24, 2.45) is 5.92 Å². The van der Waals surface area contributed by atoms with Crippen molar-refractivity contribution in [3.05, 3.63) is 70.8 Å². The largest absolute Gasteiger partial charge is 0.433 e. The quantitative estimate of drug-likeness (QED) is 0.405. The van der Waals surface area contributed by atoms with E-state index in [1.165, 1.54) is 18.6 Å². The Hall–Kier alpha value is -3.56. The maximum absolute atomic E-state index is 12.9. The summed E-state index contributed by atoms with van der Waals surface area (Å²) in [4.78, 5) is 12.5. The van der Waals surface area contributed by atoms with Crippen LogP contribution in [0.25, 0.3) is 17.1 Å². The monoisotopic (exact) mass is 467 g/mol. The van der Waals surface area contributed by atoms with Crippen molar-refractivity contribution in [2.75, 3.05) is 0 Å². The van der Waals surface area contributed by atoms with Crippen LogP contribution < -0.4 is 0 Å². The van der Waals surface area contributed by atoms with Gasteiger partial charge >= 0.3 is 6.18 Å². The molecule has 1 aliphatic carbocycles. The summed E-state index contributed by atoms with van der Waals surface area (Å²) < 4.78 is 42.6. The van der Waals surface area contributed by atoms with Gasteiger partial charge in [0.05, 0.1) is 17.1 Å². The predicted octanol–water partition coefficient (Wildman–Crippen LogP) is 4.87. The van der Waals surface area contributed by atoms with E-state index in [-0.39, 0.29) is 0 Å². The summed E-state index contributed by atoms with van der Waals surface area (Å²) in [7, 11) is 0. The molecule has 5 rings (SSSR count). The molecule has 7 nitrogen and oxygen atoms in total. The van der Waals surface area contributed by atoms with Gasteiger partial charge < -0.3 is 0 Å². The number of rotatable bonds is 6. The van der Waals surface area contributed by atoms with Crippen molar-refractivity contribution in [1.29, 1.82) is 0 Å². The Bertz CT molecular complexity index is 1330. The van der Waals surface area contributed by atoms with E-state index >= 15 is 0 Å². The molecule has 1 saturated carbocycles. The maximum Gasteiger partial charge on any atom is 0.433 e. The highest BCUT2D eigenvalue weighted by atomic mass is 19.4. The van der Waals surface area contributed by atoms with Gasteiger partial charge in [0.1, 0.15) is 12.0 Å². The second-order valence-corrected chi connectivity index (χ2v) is 8.86. The Morgan fingerprint density at radius 2 is 1.79 bits per heavy atom. The first-order chi connectivity index (χ1) is 16.2. The Balaban J connectivity index is 1.50. The van der Waals surface area contributed by atoms with Crippen LogP contribution in [-0.4, -0.2) is 34.5 Å². The molecule has 0 amide bonds. The third-order valence-corrected chi connectivity index (χ3v) is 6.06. The molecule has 4 heterocycles. The van der Waals surface area contributed by atoms with Crippen molar-refractivity contribution in [3.63, 3.8) is 0 Å². The van der Waals surface area contributed by atoms with Gasteiger partial charge in [0.15, 0.2) is 5.82 Å². The molecule has 0 bridgehead atoms. The Kier molecular flexibility index (Phi) is 5.45. The number of nitrogens with zero attached hydrogens (tertiary/aromatic N) is 7. The molecule has 0 N–H and O–H groups in total. The van der Waals surface area contributed by atoms with Gasteiger partial charge in [-0.3, -0.25) is 9.67 Å².